The average molecular weight is 308 g/mol. The van der Waals surface area contributed by atoms with E-state index in [9.17, 15) is 10.1 Å². The van der Waals surface area contributed by atoms with Crippen LogP contribution in [0.4, 0.5) is 11.5 Å². The molecule has 21 heavy (non-hydrogen) atoms. The summed E-state index contributed by atoms with van der Waals surface area (Å²) in [4.78, 5) is 14.6. The van der Waals surface area contributed by atoms with Crippen LogP contribution in [0.3, 0.4) is 0 Å². The first kappa shape index (κ1) is 15.1. The van der Waals surface area contributed by atoms with E-state index in [2.05, 4.69) is 10.3 Å². The Kier molecular flexibility index (Phi) is 4.94. The molecule has 0 unspecified atom stereocenters. The zero-order valence-electron chi connectivity index (χ0n) is 11.4. The van der Waals surface area contributed by atoms with Crippen LogP contribution >= 0.6 is 11.6 Å². The third kappa shape index (κ3) is 4.06. The number of nitro groups is 1. The maximum absolute atomic E-state index is 11.0. The van der Waals surface area contributed by atoms with Gasteiger partial charge in [0, 0.05) is 17.6 Å². The number of hydrogen-bond donors (Lipinski definition) is 1. The molecule has 0 aliphatic rings. The van der Waals surface area contributed by atoms with Gasteiger partial charge in [-0.3, -0.25) is 10.1 Å². The van der Waals surface area contributed by atoms with Crippen LogP contribution in [0.1, 0.15) is 12.5 Å². The van der Waals surface area contributed by atoms with Crippen LogP contribution in [0.25, 0.3) is 0 Å². The summed E-state index contributed by atoms with van der Waals surface area (Å²) in [5, 5.41) is 14.6. The summed E-state index contributed by atoms with van der Waals surface area (Å²) in [6, 6.07) is 10.0. The minimum Gasteiger partial charge on any atom is -0.468 e. The molecule has 1 heterocycles. The molecule has 0 aliphatic carbocycles. The number of ether oxygens (including phenoxy) is 1. The molecule has 0 bridgehead atoms. The molecule has 0 aliphatic heterocycles. The minimum absolute atomic E-state index is 0.0153. The first-order valence-electron chi connectivity index (χ1n) is 6.36. The molecule has 0 radical (unpaired) electrons. The number of pyridine rings is 1. The van der Waals surface area contributed by atoms with Crippen molar-refractivity contribution < 1.29 is 9.66 Å². The fourth-order valence-corrected chi connectivity index (χ4v) is 1.95. The Hall–Kier alpha value is -2.34. The molecule has 0 spiro atoms. The summed E-state index contributed by atoms with van der Waals surface area (Å²) in [7, 11) is 0. The van der Waals surface area contributed by atoms with Gasteiger partial charge < -0.3 is 10.1 Å². The lowest BCUT2D eigenvalue weighted by atomic mass is 10.2. The highest BCUT2D eigenvalue weighted by Gasteiger charge is 2.17. The Morgan fingerprint density at radius 3 is 2.86 bits per heavy atom. The van der Waals surface area contributed by atoms with Gasteiger partial charge in [-0.05, 0) is 30.7 Å². The third-order valence-corrected chi connectivity index (χ3v) is 2.89. The highest BCUT2D eigenvalue weighted by molar-refractivity contribution is 6.30. The van der Waals surface area contributed by atoms with Crippen molar-refractivity contribution in [3.63, 3.8) is 0 Å². The van der Waals surface area contributed by atoms with Crippen LogP contribution in [-0.4, -0.2) is 16.5 Å². The number of anilines is 1. The van der Waals surface area contributed by atoms with Crippen molar-refractivity contribution in [2.45, 2.75) is 13.5 Å². The molecule has 1 aromatic carbocycles. The molecule has 0 amide bonds. The summed E-state index contributed by atoms with van der Waals surface area (Å²) >= 11 is 5.89. The summed E-state index contributed by atoms with van der Waals surface area (Å²) in [5.41, 5.74) is 0.645. The van der Waals surface area contributed by atoms with Gasteiger partial charge in [-0.15, -0.1) is 0 Å². The van der Waals surface area contributed by atoms with E-state index < -0.39 is 4.92 Å². The Bertz CT molecular complexity index is 649. The molecular formula is C14H14ClN3O3. The van der Waals surface area contributed by atoms with E-state index in [1.807, 2.05) is 13.0 Å². The van der Waals surface area contributed by atoms with Crippen LogP contribution in [-0.2, 0) is 6.61 Å². The van der Waals surface area contributed by atoms with E-state index in [-0.39, 0.29) is 18.2 Å². The number of benzene rings is 1. The minimum atomic E-state index is -0.518. The summed E-state index contributed by atoms with van der Waals surface area (Å²) in [5.74, 6) is 0.516. The highest BCUT2D eigenvalue weighted by atomic mass is 35.5. The molecule has 2 rings (SSSR count). The Balaban J connectivity index is 2.20. The quantitative estimate of drug-likeness (QED) is 0.651. The average Bonchev–Trinajstić information content (AvgIpc) is 2.45. The molecule has 7 heteroatoms. The van der Waals surface area contributed by atoms with Crippen LogP contribution in [0.15, 0.2) is 36.4 Å². The standard InChI is InChI=1S/C14H14ClN3O3/c1-2-16-13-7-6-12(18(19)20)14(17-13)21-9-10-4-3-5-11(15)8-10/h3-8H,2,9H2,1H3,(H,16,17). The van der Waals surface area contributed by atoms with Crippen LogP contribution in [0.5, 0.6) is 5.88 Å². The van der Waals surface area contributed by atoms with Crippen molar-refractivity contribution in [3.8, 4) is 5.88 Å². The van der Waals surface area contributed by atoms with Crippen LogP contribution in [0.2, 0.25) is 5.02 Å². The summed E-state index contributed by atoms with van der Waals surface area (Å²) in [6.07, 6.45) is 0. The molecule has 6 nitrogen and oxygen atoms in total. The fourth-order valence-electron chi connectivity index (χ4n) is 1.74. The number of aromatic nitrogens is 1. The van der Waals surface area contributed by atoms with E-state index in [1.165, 1.54) is 6.07 Å². The lowest BCUT2D eigenvalue weighted by Gasteiger charge is -2.08. The molecule has 0 saturated carbocycles. The normalized spacial score (nSPS) is 10.2. The van der Waals surface area contributed by atoms with E-state index in [0.717, 1.165) is 5.56 Å². The number of nitrogens with zero attached hydrogens (tertiary/aromatic N) is 2. The third-order valence-electron chi connectivity index (χ3n) is 2.66. The lowest BCUT2D eigenvalue weighted by molar-refractivity contribution is -0.386. The van der Waals surface area contributed by atoms with Crippen LogP contribution in [0, 0.1) is 10.1 Å². The Labute approximate surface area is 126 Å². The number of rotatable bonds is 6. The van der Waals surface area contributed by atoms with Gasteiger partial charge in [0.15, 0.2) is 0 Å². The van der Waals surface area contributed by atoms with E-state index >= 15 is 0 Å². The molecule has 0 atom stereocenters. The van der Waals surface area contributed by atoms with Gasteiger partial charge in [-0.2, -0.15) is 4.98 Å². The molecule has 1 aromatic heterocycles. The Morgan fingerprint density at radius 1 is 1.38 bits per heavy atom. The van der Waals surface area contributed by atoms with Gasteiger partial charge in [0.25, 0.3) is 5.88 Å². The Morgan fingerprint density at radius 2 is 2.19 bits per heavy atom. The van der Waals surface area contributed by atoms with E-state index in [1.54, 1.807) is 24.3 Å². The van der Waals surface area contributed by atoms with Gasteiger partial charge in [0.05, 0.1) is 4.92 Å². The summed E-state index contributed by atoms with van der Waals surface area (Å²) in [6.45, 7) is 2.73. The lowest BCUT2D eigenvalue weighted by Crippen LogP contribution is -2.05. The van der Waals surface area contributed by atoms with Crippen molar-refractivity contribution in [2.75, 3.05) is 11.9 Å². The molecule has 110 valence electrons. The van der Waals surface area contributed by atoms with Crippen molar-refractivity contribution in [3.05, 3.63) is 57.1 Å². The van der Waals surface area contributed by atoms with Crippen LogP contribution < -0.4 is 10.1 Å². The molecule has 0 saturated heterocycles. The van der Waals surface area contributed by atoms with Crippen molar-refractivity contribution in [2.24, 2.45) is 0 Å². The zero-order valence-corrected chi connectivity index (χ0v) is 12.1. The smallest absolute Gasteiger partial charge is 0.331 e. The van der Waals surface area contributed by atoms with Crippen molar-refractivity contribution >= 4 is 23.1 Å². The SMILES string of the molecule is CCNc1ccc([N+](=O)[O-])c(OCc2cccc(Cl)c2)n1. The molecule has 1 N–H and O–H groups in total. The fraction of sp³-hybridized carbons (Fsp3) is 0.214. The number of halogens is 1. The maximum atomic E-state index is 11.0. The molecule has 0 fully saturated rings. The van der Waals surface area contributed by atoms with Gasteiger partial charge in [0.2, 0.25) is 0 Å². The first-order valence-corrected chi connectivity index (χ1v) is 6.74. The van der Waals surface area contributed by atoms with E-state index in [0.29, 0.717) is 17.4 Å². The second kappa shape index (κ2) is 6.90. The highest BCUT2D eigenvalue weighted by Crippen LogP contribution is 2.27. The van der Waals surface area contributed by atoms with Crippen molar-refractivity contribution in [1.82, 2.24) is 4.98 Å². The van der Waals surface area contributed by atoms with Gasteiger partial charge in [-0.1, -0.05) is 23.7 Å². The maximum Gasteiger partial charge on any atom is 0.331 e. The zero-order chi connectivity index (χ0) is 15.2. The van der Waals surface area contributed by atoms with Crippen molar-refractivity contribution in [1.29, 1.82) is 0 Å². The second-order valence-corrected chi connectivity index (χ2v) is 4.66. The van der Waals surface area contributed by atoms with E-state index in [4.69, 9.17) is 16.3 Å². The number of nitrogens with one attached hydrogen (secondary N) is 1. The number of hydrogen-bond acceptors (Lipinski definition) is 5. The molecular weight excluding hydrogens is 294 g/mol. The second-order valence-electron chi connectivity index (χ2n) is 4.23. The van der Waals surface area contributed by atoms with Gasteiger partial charge in [-0.25, -0.2) is 0 Å². The largest absolute Gasteiger partial charge is 0.468 e. The topological polar surface area (TPSA) is 77.3 Å². The van der Waals surface area contributed by atoms with Gasteiger partial charge in [0.1, 0.15) is 12.4 Å². The van der Waals surface area contributed by atoms with Gasteiger partial charge >= 0.3 is 5.69 Å². The summed E-state index contributed by atoms with van der Waals surface area (Å²) < 4.78 is 5.48. The first-order chi connectivity index (χ1) is 10.1. The predicted octanol–water partition coefficient (Wildman–Crippen LogP) is 3.65. The monoisotopic (exact) mass is 307 g/mol. The predicted molar refractivity (Wildman–Crippen MR) is 80.8 cm³/mol. The molecule has 2 aromatic rings.